The molecule has 2 aromatic rings. The number of aromatic nitrogens is 1. The van der Waals surface area contributed by atoms with Gasteiger partial charge in [0.1, 0.15) is 0 Å². The summed E-state index contributed by atoms with van der Waals surface area (Å²) < 4.78 is 6.76. The molecule has 0 aliphatic carbocycles. The molecular weight excluding hydrogens is 292 g/mol. The van der Waals surface area contributed by atoms with Crippen LogP contribution in [0.4, 0.5) is 0 Å². The molecule has 0 unspecified atom stereocenters. The van der Waals surface area contributed by atoms with E-state index in [2.05, 4.69) is 36.5 Å². The van der Waals surface area contributed by atoms with Gasteiger partial charge in [0.05, 0.1) is 15.2 Å². The molecule has 0 saturated carbocycles. The summed E-state index contributed by atoms with van der Waals surface area (Å²) in [4.78, 5) is 4.91. The predicted octanol–water partition coefficient (Wildman–Crippen LogP) is 4.16. The van der Waals surface area contributed by atoms with Crippen LogP contribution in [0.15, 0.2) is 24.3 Å². The lowest BCUT2D eigenvalue weighted by atomic mass is 10.00. The first kappa shape index (κ1) is 14.2. The van der Waals surface area contributed by atoms with Crippen molar-refractivity contribution in [1.82, 2.24) is 10.3 Å². The van der Waals surface area contributed by atoms with E-state index in [1.54, 1.807) is 0 Å². The van der Waals surface area contributed by atoms with E-state index in [9.17, 15) is 0 Å². The van der Waals surface area contributed by atoms with E-state index in [1.165, 1.54) is 21.0 Å². The Balaban J connectivity index is 1.63. The molecule has 0 spiro atoms. The summed E-state index contributed by atoms with van der Waals surface area (Å²) in [5.41, 5.74) is 3.68. The van der Waals surface area contributed by atoms with Gasteiger partial charge in [0.25, 0.3) is 0 Å². The summed E-state index contributed by atoms with van der Waals surface area (Å²) in [5, 5.41) is 4.83. The predicted molar refractivity (Wildman–Crippen MR) is 92.2 cm³/mol. The number of nitrogens with one attached hydrogen (secondary N) is 1. The van der Waals surface area contributed by atoms with Gasteiger partial charge in [0.15, 0.2) is 0 Å². The maximum atomic E-state index is 5.46. The van der Waals surface area contributed by atoms with Gasteiger partial charge >= 0.3 is 0 Å². The second-order valence-corrected chi connectivity index (χ2v) is 7.52. The van der Waals surface area contributed by atoms with Crippen molar-refractivity contribution in [2.45, 2.75) is 32.1 Å². The average Bonchev–Trinajstić information content (AvgIpc) is 2.99. The Morgan fingerprint density at radius 3 is 2.91 bits per heavy atom. The first-order valence-electron chi connectivity index (χ1n) is 8.22. The first-order chi connectivity index (χ1) is 10.8. The molecule has 116 valence electrons. The number of nitrogens with zero attached hydrogens (tertiary/aromatic N) is 1. The number of ether oxygens (including phenoxy) is 1. The van der Waals surface area contributed by atoms with Crippen LogP contribution in [0, 0.1) is 5.92 Å². The van der Waals surface area contributed by atoms with Crippen LogP contribution in [0.5, 0.6) is 0 Å². The van der Waals surface area contributed by atoms with Crippen molar-refractivity contribution in [2.24, 2.45) is 5.92 Å². The van der Waals surface area contributed by atoms with Gasteiger partial charge < -0.3 is 10.1 Å². The van der Waals surface area contributed by atoms with Crippen LogP contribution in [0.2, 0.25) is 0 Å². The molecule has 4 rings (SSSR count). The highest BCUT2D eigenvalue weighted by Gasteiger charge is 2.20. The highest BCUT2D eigenvalue weighted by molar-refractivity contribution is 7.18. The summed E-state index contributed by atoms with van der Waals surface area (Å²) in [6.45, 7) is 5.10. The van der Waals surface area contributed by atoms with Crippen LogP contribution in [-0.4, -0.2) is 24.7 Å². The van der Waals surface area contributed by atoms with E-state index in [-0.39, 0.29) is 0 Å². The number of fused-ring (bicyclic) bond motifs is 1. The van der Waals surface area contributed by atoms with Gasteiger partial charge in [-0.2, -0.15) is 0 Å². The fourth-order valence-corrected chi connectivity index (χ4v) is 4.33. The topological polar surface area (TPSA) is 34.1 Å². The molecule has 1 N–H and O–H groups in total. The largest absolute Gasteiger partial charge is 0.385 e. The standard InChI is InChI=1S/C18H22N2OS/c1-12-2-4-15(19-11-12)14-3-5-17-16(10-14)20-18(22-17)13-6-8-21-9-7-13/h3-5,10,12-13,19H,2,6-9,11H2,1H3/t12-/m0/s1. The number of hydrogen-bond acceptors (Lipinski definition) is 4. The Labute approximate surface area is 135 Å². The van der Waals surface area contributed by atoms with Crippen LogP contribution in [0.1, 0.15) is 42.7 Å². The van der Waals surface area contributed by atoms with Crippen molar-refractivity contribution in [3.8, 4) is 0 Å². The molecule has 1 aromatic carbocycles. The fraction of sp³-hybridized carbons (Fsp3) is 0.500. The van der Waals surface area contributed by atoms with Gasteiger partial charge in [0.2, 0.25) is 0 Å². The van der Waals surface area contributed by atoms with Gasteiger partial charge in [-0.25, -0.2) is 4.98 Å². The molecule has 0 bridgehead atoms. The van der Waals surface area contributed by atoms with Crippen molar-refractivity contribution < 1.29 is 4.74 Å². The van der Waals surface area contributed by atoms with Crippen LogP contribution in [0.25, 0.3) is 15.9 Å². The summed E-state index contributed by atoms with van der Waals surface area (Å²) >= 11 is 1.85. The Bertz CT molecular complexity index is 700. The van der Waals surface area contributed by atoms with Gasteiger partial charge in [-0.3, -0.25) is 0 Å². The molecule has 1 fully saturated rings. The molecule has 2 aliphatic heterocycles. The minimum atomic E-state index is 0.586. The normalized spacial score (nSPS) is 23.3. The highest BCUT2D eigenvalue weighted by atomic mass is 32.1. The molecule has 0 amide bonds. The maximum Gasteiger partial charge on any atom is 0.0971 e. The van der Waals surface area contributed by atoms with E-state index in [1.807, 2.05) is 11.3 Å². The van der Waals surface area contributed by atoms with Crippen molar-refractivity contribution in [3.05, 3.63) is 34.8 Å². The molecule has 2 aliphatic rings. The molecule has 1 saturated heterocycles. The summed E-state index contributed by atoms with van der Waals surface area (Å²) in [5.74, 6) is 1.31. The van der Waals surface area contributed by atoms with E-state index < -0.39 is 0 Å². The summed E-state index contributed by atoms with van der Waals surface area (Å²) in [6, 6.07) is 6.69. The zero-order chi connectivity index (χ0) is 14.9. The minimum absolute atomic E-state index is 0.586. The Kier molecular flexibility index (Phi) is 3.89. The smallest absolute Gasteiger partial charge is 0.0971 e. The quantitative estimate of drug-likeness (QED) is 0.904. The SMILES string of the molecule is C[C@H]1CC=C(c2ccc3sc(C4CCOCC4)nc3c2)NC1. The lowest BCUT2D eigenvalue weighted by molar-refractivity contribution is 0.0853. The van der Waals surface area contributed by atoms with Gasteiger partial charge in [0, 0.05) is 31.4 Å². The van der Waals surface area contributed by atoms with E-state index in [0.29, 0.717) is 5.92 Å². The highest BCUT2D eigenvalue weighted by Crippen LogP contribution is 2.34. The molecule has 0 radical (unpaired) electrons. The van der Waals surface area contributed by atoms with Crippen LogP contribution in [-0.2, 0) is 4.74 Å². The molecule has 1 aromatic heterocycles. The number of rotatable bonds is 2. The van der Waals surface area contributed by atoms with Crippen LogP contribution < -0.4 is 5.32 Å². The molecule has 3 heterocycles. The molecule has 3 nitrogen and oxygen atoms in total. The van der Waals surface area contributed by atoms with Crippen molar-refractivity contribution >= 4 is 27.3 Å². The van der Waals surface area contributed by atoms with Crippen molar-refractivity contribution in [1.29, 1.82) is 0 Å². The first-order valence-corrected chi connectivity index (χ1v) is 9.04. The average molecular weight is 314 g/mol. The Hall–Kier alpha value is -1.39. The third-order valence-corrected chi connectivity index (χ3v) is 5.85. The Morgan fingerprint density at radius 1 is 1.27 bits per heavy atom. The number of thiazole rings is 1. The third kappa shape index (κ3) is 2.77. The number of allylic oxidation sites excluding steroid dienone is 1. The molecular formula is C18H22N2OS. The van der Waals surface area contributed by atoms with Crippen molar-refractivity contribution in [2.75, 3.05) is 19.8 Å². The molecule has 22 heavy (non-hydrogen) atoms. The minimum Gasteiger partial charge on any atom is -0.385 e. The zero-order valence-corrected chi connectivity index (χ0v) is 13.8. The summed E-state index contributed by atoms with van der Waals surface area (Å²) in [7, 11) is 0. The van der Waals surface area contributed by atoms with Gasteiger partial charge in [-0.1, -0.05) is 19.1 Å². The Morgan fingerprint density at radius 2 is 2.14 bits per heavy atom. The monoisotopic (exact) mass is 314 g/mol. The lowest BCUT2D eigenvalue weighted by Gasteiger charge is -2.20. The summed E-state index contributed by atoms with van der Waals surface area (Å²) in [6.07, 6.45) is 5.69. The zero-order valence-electron chi connectivity index (χ0n) is 13.0. The number of benzene rings is 1. The lowest BCUT2D eigenvalue weighted by Crippen LogP contribution is -2.23. The van der Waals surface area contributed by atoms with Gasteiger partial charge in [-0.05, 0) is 42.9 Å². The number of hydrogen-bond donors (Lipinski definition) is 1. The van der Waals surface area contributed by atoms with Crippen molar-refractivity contribution in [3.63, 3.8) is 0 Å². The second kappa shape index (κ2) is 6.01. The fourth-order valence-electron chi connectivity index (χ4n) is 3.21. The van der Waals surface area contributed by atoms with Crippen LogP contribution >= 0.6 is 11.3 Å². The van der Waals surface area contributed by atoms with E-state index in [4.69, 9.17) is 9.72 Å². The second-order valence-electron chi connectivity index (χ2n) is 6.46. The van der Waals surface area contributed by atoms with Gasteiger partial charge in [-0.15, -0.1) is 11.3 Å². The molecule has 1 atom stereocenters. The molecule has 4 heteroatoms. The van der Waals surface area contributed by atoms with E-state index >= 15 is 0 Å². The third-order valence-electron chi connectivity index (χ3n) is 4.65. The van der Waals surface area contributed by atoms with E-state index in [0.717, 1.165) is 50.5 Å². The maximum absolute atomic E-state index is 5.46. The van der Waals surface area contributed by atoms with Crippen LogP contribution in [0.3, 0.4) is 0 Å².